The Bertz CT molecular complexity index is 1420. The fraction of sp³-hybridized carbons (Fsp3) is 0. The Morgan fingerprint density at radius 1 is 0.731 bits per heavy atom. The van der Waals surface area contributed by atoms with Gasteiger partial charge in [0.2, 0.25) is 0 Å². The molecule has 5 aromatic carbocycles. The van der Waals surface area contributed by atoms with E-state index < -0.39 is 10.1 Å². The summed E-state index contributed by atoms with van der Waals surface area (Å²) in [7, 11) is -4.73. The van der Waals surface area contributed by atoms with Gasteiger partial charge in [-0.1, -0.05) is 66.2 Å². The first-order valence-electron chi connectivity index (χ1n) is 7.70. The molecule has 6 heteroatoms. The van der Waals surface area contributed by atoms with Gasteiger partial charge in [0.15, 0.2) is 0 Å². The topological polar surface area (TPSA) is 57.2 Å². The largest absolute Gasteiger partial charge is 1.00 e. The smallest absolute Gasteiger partial charge is 0.744 e. The molecule has 0 amide bonds. The summed E-state index contributed by atoms with van der Waals surface area (Å²) in [6.45, 7) is 0. The van der Waals surface area contributed by atoms with Gasteiger partial charge in [-0.3, -0.25) is 0 Å². The maximum atomic E-state index is 12.0. The molecule has 0 bridgehead atoms. The van der Waals surface area contributed by atoms with Crippen LogP contribution in [0.15, 0.2) is 65.6 Å². The van der Waals surface area contributed by atoms with Crippen LogP contribution in [0.25, 0.3) is 43.1 Å². The van der Waals surface area contributed by atoms with Crippen LogP contribution in [0.2, 0.25) is 5.02 Å². The summed E-state index contributed by atoms with van der Waals surface area (Å²) in [6.07, 6.45) is 0. The Labute approximate surface area is 197 Å². The van der Waals surface area contributed by atoms with Crippen molar-refractivity contribution in [2.24, 2.45) is 0 Å². The maximum Gasteiger partial charge on any atom is 1.00 e. The molecule has 26 heavy (non-hydrogen) atoms. The van der Waals surface area contributed by atoms with Gasteiger partial charge in [0.25, 0.3) is 0 Å². The van der Waals surface area contributed by atoms with Gasteiger partial charge >= 0.3 is 51.4 Å². The number of hydrogen-bond donors (Lipinski definition) is 0. The standard InChI is InChI=1S/C20H11ClO3S.K/c21-16-10-12-6-3-8-14-13-7-1-4-11-5-2-9-15(17(11)13)19(18(12)14)20(16)25(22,23)24;/h1-10H,(H,22,23,24);/q;+1/p-1. The van der Waals surface area contributed by atoms with Gasteiger partial charge in [0.05, 0.1) is 9.92 Å². The number of halogens is 1. The molecule has 0 atom stereocenters. The summed E-state index contributed by atoms with van der Waals surface area (Å²) >= 11 is 6.23. The molecular weight excluding hydrogens is 395 g/mol. The molecule has 0 spiro atoms. The average molecular weight is 405 g/mol. The van der Waals surface area contributed by atoms with Crippen LogP contribution in [-0.4, -0.2) is 13.0 Å². The minimum atomic E-state index is -4.73. The third-order valence-corrected chi connectivity index (χ3v) is 6.12. The molecule has 0 aliphatic heterocycles. The second-order valence-electron chi connectivity index (χ2n) is 6.13. The average Bonchev–Trinajstić information content (AvgIpc) is 2.57. The molecule has 3 nitrogen and oxygen atoms in total. The molecule has 122 valence electrons. The molecule has 0 radical (unpaired) electrons. The predicted molar refractivity (Wildman–Crippen MR) is 101 cm³/mol. The van der Waals surface area contributed by atoms with Crippen LogP contribution in [0.1, 0.15) is 0 Å². The molecule has 5 rings (SSSR count). The second kappa shape index (κ2) is 6.39. The van der Waals surface area contributed by atoms with Crippen molar-refractivity contribution in [3.63, 3.8) is 0 Å². The van der Waals surface area contributed by atoms with Crippen LogP contribution in [0.5, 0.6) is 0 Å². The van der Waals surface area contributed by atoms with Crippen LogP contribution in [-0.2, 0) is 10.1 Å². The SMILES string of the molecule is O=S(=O)([O-])c1c(Cl)cc2cccc3c4cccc5cccc(c1c23)c54.[K+]. The van der Waals surface area contributed by atoms with Gasteiger partial charge in [-0.25, -0.2) is 8.42 Å². The molecule has 0 unspecified atom stereocenters. The van der Waals surface area contributed by atoms with Crippen LogP contribution in [0.4, 0.5) is 0 Å². The fourth-order valence-corrected chi connectivity index (χ4v) is 5.16. The third kappa shape index (κ3) is 2.54. The molecule has 5 aromatic rings. The molecule has 0 aromatic heterocycles. The van der Waals surface area contributed by atoms with E-state index in [-0.39, 0.29) is 61.3 Å². The van der Waals surface area contributed by atoms with Gasteiger partial charge < -0.3 is 4.55 Å². The molecule has 0 N–H and O–H groups in total. The Hall–Kier alpha value is -0.764. The van der Waals surface area contributed by atoms with E-state index in [0.717, 1.165) is 37.7 Å². The fourth-order valence-electron chi connectivity index (χ4n) is 3.90. The summed E-state index contributed by atoms with van der Waals surface area (Å²) in [5.41, 5.74) is 0. The van der Waals surface area contributed by atoms with Crippen molar-refractivity contribution in [3.05, 3.63) is 65.7 Å². The summed E-state index contributed by atoms with van der Waals surface area (Å²) in [5.74, 6) is 0. The van der Waals surface area contributed by atoms with Crippen LogP contribution < -0.4 is 51.4 Å². The Balaban J connectivity index is 0.00000168. The maximum absolute atomic E-state index is 12.0. The van der Waals surface area contributed by atoms with Gasteiger partial charge in [0, 0.05) is 5.39 Å². The minimum absolute atomic E-state index is 0. The monoisotopic (exact) mass is 404 g/mol. The third-order valence-electron chi connectivity index (χ3n) is 4.79. The van der Waals surface area contributed by atoms with E-state index in [1.807, 2.05) is 54.6 Å². The van der Waals surface area contributed by atoms with E-state index in [9.17, 15) is 13.0 Å². The van der Waals surface area contributed by atoms with E-state index in [1.54, 1.807) is 6.07 Å². The Kier molecular flexibility index (Phi) is 4.57. The number of benzene rings is 5. The predicted octanol–water partition coefficient (Wildman–Crippen LogP) is 2.30. The van der Waals surface area contributed by atoms with Crippen LogP contribution in [0, 0.1) is 0 Å². The van der Waals surface area contributed by atoms with Crippen molar-refractivity contribution in [1.29, 1.82) is 0 Å². The van der Waals surface area contributed by atoms with E-state index in [1.165, 1.54) is 0 Å². The molecule has 0 fully saturated rings. The molecule has 0 heterocycles. The van der Waals surface area contributed by atoms with E-state index in [2.05, 4.69) is 0 Å². The molecule has 0 aliphatic rings. The first-order chi connectivity index (χ1) is 12.0. The van der Waals surface area contributed by atoms with E-state index in [0.29, 0.717) is 5.39 Å². The van der Waals surface area contributed by atoms with Gasteiger partial charge in [0.1, 0.15) is 10.1 Å². The zero-order valence-electron chi connectivity index (χ0n) is 13.8. The van der Waals surface area contributed by atoms with Gasteiger partial charge in [-0.05, 0) is 43.8 Å². The van der Waals surface area contributed by atoms with Crippen molar-refractivity contribution >= 4 is 64.8 Å². The number of rotatable bonds is 1. The van der Waals surface area contributed by atoms with Crippen molar-refractivity contribution in [2.75, 3.05) is 0 Å². The zero-order valence-corrected chi connectivity index (χ0v) is 18.5. The summed E-state index contributed by atoms with van der Waals surface area (Å²) in [4.78, 5) is -0.337. The summed E-state index contributed by atoms with van der Waals surface area (Å²) in [5, 5.41) is 6.56. The molecule has 0 saturated carbocycles. The van der Waals surface area contributed by atoms with E-state index in [4.69, 9.17) is 11.6 Å². The Morgan fingerprint density at radius 3 is 1.88 bits per heavy atom. The summed E-state index contributed by atoms with van der Waals surface area (Å²) in [6, 6.07) is 19.0. The van der Waals surface area contributed by atoms with Crippen molar-refractivity contribution in [3.8, 4) is 0 Å². The van der Waals surface area contributed by atoms with Gasteiger partial charge in [-0.15, -0.1) is 0 Å². The first kappa shape index (κ1) is 18.6. The van der Waals surface area contributed by atoms with Gasteiger partial charge in [-0.2, -0.15) is 0 Å². The number of fused-ring (bicyclic) bond motifs is 2. The molecular formula is C20H10ClKO3S. The minimum Gasteiger partial charge on any atom is -0.744 e. The van der Waals surface area contributed by atoms with Crippen molar-refractivity contribution < 1.29 is 64.4 Å². The Morgan fingerprint density at radius 2 is 1.27 bits per heavy atom. The zero-order chi connectivity index (χ0) is 17.3. The first-order valence-corrected chi connectivity index (χ1v) is 9.49. The number of hydrogen-bond acceptors (Lipinski definition) is 3. The normalized spacial score (nSPS) is 12.2. The van der Waals surface area contributed by atoms with Crippen LogP contribution in [0.3, 0.4) is 0 Å². The van der Waals surface area contributed by atoms with Crippen molar-refractivity contribution in [2.45, 2.75) is 4.90 Å². The molecule has 0 aliphatic carbocycles. The van der Waals surface area contributed by atoms with Crippen molar-refractivity contribution in [1.82, 2.24) is 0 Å². The van der Waals surface area contributed by atoms with Crippen LogP contribution >= 0.6 is 11.6 Å². The summed E-state index contributed by atoms with van der Waals surface area (Å²) < 4.78 is 36.0. The van der Waals surface area contributed by atoms with E-state index >= 15 is 0 Å². The molecule has 0 saturated heterocycles. The quantitative estimate of drug-likeness (QED) is 0.186. The second-order valence-corrected chi connectivity index (χ2v) is 7.85.